The normalized spacial score (nSPS) is 11.8. The van der Waals surface area contributed by atoms with Crippen molar-refractivity contribution in [1.82, 2.24) is 10.2 Å². The number of benzene rings is 3. The summed E-state index contributed by atoms with van der Waals surface area (Å²) in [6.07, 6.45) is 0.255. The van der Waals surface area contributed by atoms with Crippen LogP contribution in [0.3, 0.4) is 0 Å². The first-order valence-electron chi connectivity index (χ1n) is 14.0. The van der Waals surface area contributed by atoms with Crippen molar-refractivity contribution < 1.29 is 32.2 Å². The van der Waals surface area contributed by atoms with E-state index in [0.29, 0.717) is 40.3 Å². The Morgan fingerprint density at radius 3 is 2.09 bits per heavy atom. The molecule has 0 aliphatic heterocycles. The first kappa shape index (κ1) is 34.8. The molecule has 44 heavy (non-hydrogen) atoms. The number of anilines is 1. The van der Waals surface area contributed by atoms with Crippen LogP contribution in [0.15, 0.2) is 65.6 Å². The fraction of sp³-hybridized carbons (Fsp3) is 0.355. The van der Waals surface area contributed by atoms with Crippen molar-refractivity contribution in [2.75, 3.05) is 38.2 Å². The number of sulfonamides is 1. The molecular formula is C31H37Cl2N3O7S. The Bertz CT molecular complexity index is 1530. The molecule has 13 heteroatoms. The summed E-state index contributed by atoms with van der Waals surface area (Å²) in [5.41, 5.74) is 0.640. The molecule has 10 nitrogen and oxygen atoms in total. The third-order valence-corrected chi connectivity index (χ3v) is 9.26. The quantitative estimate of drug-likeness (QED) is 0.226. The fourth-order valence-corrected chi connectivity index (χ4v) is 6.52. The minimum atomic E-state index is -4.36. The van der Waals surface area contributed by atoms with E-state index in [9.17, 15) is 18.0 Å². The molecule has 0 aromatic heterocycles. The van der Waals surface area contributed by atoms with Gasteiger partial charge in [0.15, 0.2) is 11.5 Å². The van der Waals surface area contributed by atoms with E-state index in [2.05, 4.69) is 5.32 Å². The highest BCUT2D eigenvalue weighted by Gasteiger charge is 2.34. The van der Waals surface area contributed by atoms with Crippen LogP contribution in [0.5, 0.6) is 17.2 Å². The highest BCUT2D eigenvalue weighted by atomic mass is 35.5. The number of likely N-dealkylation sites (N-methyl/N-ethyl adjacent to an activating group) is 1. The maximum absolute atomic E-state index is 14.2. The topological polar surface area (TPSA) is 114 Å². The van der Waals surface area contributed by atoms with Crippen molar-refractivity contribution >= 4 is 50.7 Å². The summed E-state index contributed by atoms with van der Waals surface area (Å²) in [6, 6.07) is 14.5. The monoisotopic (exact) mass is 665 g/mol. The van der Waals surface area contributed by atoms with Gasteiger partial charge in [-0.1, -0.05) is 36.2 Å². The Balaban J connectivity index is 2.14. The Kier molecular flexibility index (Phi) is 12.6. The number of methoxy groups -OCH3 is 2. The molecule has 238 valence electrons. The summed E-state index contributed by atoms with van der Waals surface area (Å²) < 4.78 is 45.6. The molecule has 2 amide bonds. The molecule has 0 radical (unpaired) electrons. The molecule has 3 aromatic rings. The van der Waals surface area contributed by atoms with Gasteiger partial charge < -0.3 is 24.4 Å². The standard InChI is InChI=1S/C31H37Cl2N3O7S/c1-6-27(31(38)34-7-2)35(19-24-25(32)10-9-11-26(24)33)30(37)20-36(21-12-14-22(15-13-21)43-8-3)44(39,40)23-16-17-28(41-4)29(18-23)42-5/h9-18,27H,6-8,19-20H2,1-5H3,(H,34,38)/t27-/m0/s1. The van der Waals surface area contributed by atoms with Crippen LogP contribution in [0, 0.1) is 0 Å². The number of carbonyl (C=O) groups is 2. The summed E-state index contributed by atoms with van der Waals surface area (Å²) in [7, 11) is -1.53. The van der Waals surface area contributed by atoms with E-state index in [0.717, 1.165) is 4.31 Å². The lowest BCUT2D eigenvalue weighted by Crippen LogP contribution is -2.52. The Morgan fingerprint density at radius 1 is 0.909 bits per heavy atom. The number of halogens is 2. The lowest BCUT2D eigenvalue weighted by atomic mass is 10.1. The van der Waals surface area contributed by atoms with Gasteiger partial charge in [-0.15, -0.1) is 0 Å². The number of amides is 2. The molecule has 3 rings (SSSR count). The lowest BCUT2D eigenvalue weighted by molar-refractivity contribution is -0.140. The SMILES string of the molecule is CCNC(=O)[C@H](CC)N(Cc1c(Cl)cccc1Cl)C(=O)CN(c1ccc(OCC)cc1)S(=O)(=O)c1ccc(OC)c(OC)c1. The maximum Gasteiger partial charge on any atom is 0.264 e. The highest BCUT2D eigenvalue weighted by molar-refractivity contribution is 7.92. The number of carbonyl (C=O) groups excluding carboxylic acids is 2. The number of nitrogens with one attached hydrogen (secondary N) is 1. The molecule has 1 atom stereocenters. The van der Waals surface area contributed by atoms with E-state index >= 15 is 0 Å². The molecule has 0 bridgehead atoms. The van der Waals surface area contributed by atoms with Gasteiger partial charge in [0.2, 0.25) is 11.8 Å². The zero-order valence-electron chi connectivity index (χ0n) is 25.3. The van der Waals surface area contributed by atoms with Crippen LogP contribution in [-0.2, 0) is 26.2 Å². The van der Waals surface area contributed by atoms with E-state index in [-0.39, 0.29) is 35.2 Å². The van der Waals surface area contributed by atoms with Gasteiger partial charge in [0.05, 0.1) is 31.4 Å². The predicted octanol–water partition coefficient (Wildman–Crippen LogP) is 5.55. The third-order valence-electron chi connectivity index (χ3n) is 6.78. The van der Waals surface area contributed by atoms with Crippen LogP contribution in [0.1, 0.15) is 32.8 Å². The highest BCUT2D eigenvalue weighted by Crippen LogP contribution is 2.33. The average molecular weight is 667 g/mol. The molecule has 0 heterocycles. The molecule has 0 unspecified atom stereocenters. The first-order chi connectivity index (χ1) is 21.0. The zero-order chi connectivity index (χ0) is 32.4. The minimum Gasteiger partial charge on any atom is -0.494 e. The lowest BCUT2D eigenvalue weighted by Gasteiger charge is -2.33. The third kappa shape index (κ3) is 8.08. The number of hydrogen-bond acceptors (Lipinski definition) is 7. The van der Waals surface area contributed by atoms with Gasteiger partial charge in [0.25, 0.3) is 10.0 Å². The van der Waals surface area contributed by atoms with Gasteiger partial charge >= 0.3 is 0 Å². The van der Waals surface area contributed by atoms with Crippen LogP contribution >= 0.6 is 23.2 Å². The predicted molar refractivity (Wildman–Crippen MR) is 171 cm³/mol. The van der Waals surface area contributed by atoms with Gasteiger partial charge in [-0.2, -0.15) is 0 Å². The molecular weight excluding hydrogens is 629 g/mol. The van der Waals surface area contributed by atoms with Crippen LogP contribution in [0.2, 0.25) is 10.0 Å². The Hall–Kier alpha value is -3.67. The number of hydrogen-bond donors (Lipinski definition) is 1. The molecule has 3 aromatic carbocycles. The Labute approximate surface area is 268 Å². The van der Waals surface area contributed by atoms with E-state index < -0.39 is 28.5 Å². The van der Waals surface area contributed by atoms with Crippen LogP contribution in [0.4, 0.5) is 5.69 Å². The zero-order valence-corrected chi connectivity index (χ0v) is 27.6. The van der Waals surface area contributed by atoms with Crippen molar-refractivity contribution in [2.45, 2.75) is 44.7 Å². The maximum atomic E-state index is 14.2. The average Bonchev–Trinajstić information content (AvgIpc) is 3.01. The first-order valence-corrected chi connectivity index (χ1v) is 16.2. The van der Waals surface area contributed by atoms with Crippen LogP contribution in [-0.4, -0.2) is 65.1 Å². The van der Waals surface area contributed by atoms with E-state index in [1.165, 1.54) is 37.3 Å². The number of rotatable bonds is 15. The van der Waals surface area contributed by atoms with Gasteiger partial charge in [0, 0.05) is 34.8 Å². The van der Waals surface area contributed by atoms with Gasteiger partial charge in [-0.05, 0) is 68.8 Å². The summed E-state index contributed by atoms with van der Waals surface area (Å²) in [4.78, 5) is 28.5. The van der Waals surface area contributed by atoms with Crippen LogP contribution < -0.4 is 23.8 Å². The summed E-state index contributed by atoms with van der Waals surface area (Å²) in [5.74, 6) is 0.0386. The summed E-state index contributed by atoms with van der Waals surface area (Å²) in [5, 5.41) is 3.37. The number of ether oxygens (including phenoxy) is 3. The molecule has 0 saturated carbocycles. The minimum absolute atomic E-state index is 0.124. The second-order valence-corrected chi connectivity index (χ2v) is 12.2. The van der Waals surface area contributed by atoms with E-state index in [4.69, 9.17) is 37.4 Å². The van der Waals surface area contributed by atoms with Crippen molar-refractivity contribution in [1.29, 1.82) is 0 Å². The molecule has 0 spiro atoms. The van der Waals surface area contributed by atoms with Crippen molar-refractivity contribution in [3.05, 3.63) is 76.3 Å². The van der Waals surface area contributed by atoms with Gasteiger partial charge in [-0.25, -0.2) is 8.42 Å². The number of nitrogens with zero attached hydrogens (tertiary/aromatic N) is 2. The fourth-order valence-electron chi connectivity index (χ4n) is 4.57. The molecule has 1 N–H and O–H groups in total. The second kappa shape index (κ2) is 15.9. The molecule has 0 fully saturated rings. The van der Waals surface area contributed by atoms with Gasteiger partial charge in [0.1, 0.15) is 18.3 Å². The Morgan fingerprint density at radius 2 is 1.55 bits per heavy atom. The van der Waals surface area contributed by atoms with Crippen LogP contribution in [0.25, 0.3) is 0 Å². The van der Waals surface area contributed by atoms with Crippen molar-refractivity contribution in [3.8, 4) is 17.2 Å². The van der Waals surface area contributed by atoms with Crippen molar-refractivity contribution in [3.63, 3.8) is 0 Å². The summed E-state index contributed by atoms with van der Waals surface area (Å²) in [6.45, 7) is 5.37. The van der Waals surface area contributed by atoms with E-state index in [1.807, 2.05) is 6.92 Å². The summed E-state index contributed by atoms with van der Waals surface area (Å²) >= 11 is 12.9. The van der Waals surface area contributed by atoms with Gasteiger partial charge in [-0.3, -0.25) is 13.9 Å². The molecule has 0 aliphatic rings. The largest absolute Gasteiger partial charge is 0.494 e. The second-order valence-electron chi connectivity index (χ2n) is 9.50. The molecule has 0 saturated heterocycles. The molecule has 0 aliphatic carbocycles. The van der Waals surface area contributed by atoms with Crippen molar-refractivity contribution in [2.24, 2.45) is 0 Å². The smallest absolute Gasteiger partial charge is 0.264 e. The van der Waals surface area contributed by atoms with E-state index in [1.54, 1.807) is 56.3 Å².